The summed E-state index contributed by atoms with van der Waals surface area (Å²) in [5, 5.41) is 17.5. The van der Waals surface area contributed by atoms with Gasteiger partial charge in [0.05, 0.1) is 11.1 Å². The molecule has 108 valence electrons. The predicted octanol–water partition coefficient (Wildman–Crippen LogP) is 2.80. The summed E-state index contributed by atoms with van der Waals surface area (Å²) in [6.07, 6.45) is 0. The summed E-state index contributed by atoms with van der Waals surface area (Å²) in [6.45, 7) is 0.0449. The molecular formula is C15H11FO5. The lowest BCUT2D eigenvalue weighted by Crippen LogP contribution is -2.01. The van der Waals surface area contributed by atoms with Gasteiger partial charge in [-0.2, -0.15) is 0 Å². The molecule has 0 atom stereocenters. The van der Waals surface area contributed by atoms with E-state index in [-0.39, 0.29) is 23.5 Å². The van der Waals surface area contributed by atoms with E-state index in [1.807, 2.05) is 0 Å². The maximum atomic E-state index is 13.6. The van der Waals surface area contributed by atoms with E-state index < -0.39 is 17.8 Å². The summed E-state index contributed by atoms with van der Waals surface area (Å²) in [5.74, 6) is -3.08. The van der Waals surface area contributed by atoms with Gasteiger partial charge < -0.3 is 14.9 Å². The summed E-state index contributed by atoms with van der Waals surface area (Å²) < 4.78 is 18.9. The second-order valence-corrected chi connectivity index (χ2v) is 4.24. The van der Waals surface area contributed by atoms with Gasteiger partial charge in [0.15, 0.2) is 11.6 Å². The standard InChI is InChI=1S/C15H11FO5/c16-12-7-11(15(19)20)5-6-13(12)21-8-9-1-3-10(4-2-9)14(17)18/h1-7H,8H2,(H,17,18)(H,19,20). The Morgan fingerprint density at radius 3 is 2.05 bits per heavy atom. The molecule has 21 heavy (non-hydrogen) atoms. The van der Waals surface area contributed by atoms with Crippen molar-refractivity contribution in [2.75, 3.05) is 0 Å². The van der Waals surface area contributed by atoms with Crippen molar-refractivity contribution in [1.82, 2.24) is 0 Å². The van der Waals surface area contributed by atoms with Gasteiger partial charge >= 0.3 is 11.9 Å². The molecule has 0 heterocycles. The van der Waals surface area contributed by atoms with Crippen molar-refractivity contribution < 1.29 is 28.9 Å². The van der Waals surface area contributed by atoms with Crippen LogP contribution in [0.1, 0.15) is 26.3 Å². The van der Waals surface area contributed by atoms with E-state index >= 15 is 0 Å². The molecule has 5 nitrogen and oxygen atoms in total. The summed E-state index contributed by atoms with van der Waals surface area (Å²) in [6, 6.07) is 9.33. The Bertz CT molecular complexity index is 679. The zero-order valence-electron chi connectivity index (χ0n) is 10.7. The van der Waals surface area contributed by atoms with Crippen molar-refractivity contribution in [2.24, 2.45) is 0 Å². The number of halogens is 1. The zero-order chi connectivity index (χ0) is 15.4. The Labute approximate surface area is 119 Å². The van der Waals surface area contributed by atoms with E-state index in [2.05, 4.69) is 0 Å². The van der Waals surface area contributed by atoms with Gasteiger partial charge in [-0.3, -0.25) is 0 Å². The lowest BCUT2D eigenvalue weighted by molar-refractivity contribution is 0.0685. The molecule has 0 fully saturated rings. The molecule has 2 aromatic carbocycles. The summed E-state index contributed by atoms with van der Waals surface area (Å²) in [7, 11) is 0. The Morgan fingerprint density at radius 1 is 0.952 bits per heavy atom. The summed E-state index contributed by atoms with van der Waals surface area (Å²) in [5.41, 5.74) is 0.656. The largest absolute Gasteiger partial charge is 0.486 e. The van der Waals surface area contributed by atoms with Crippen molar-refractivity contribution in [3.05, 3.63) is 65.0 Å². The van der Waals surface area contributed by atoms with Gasteiger partial charge in [0, 0.05) is 0 Å². The first kappa shape index (κ1) is 14.5. The molecule has 2 N–H and O–H groups in total. The van der Waals surface area contributed by atoms with Crippen LogP contribution in [0.3, 0.4) is 0 Å². The van der Waals surface area contributed by atoms with Crippen molar-refractivity contribution in [2.45, 2.75) is 6.61 Å². The van der Waals surface area contributed by atoms with E-state index in [0.717, 1.165) is 6.07 Å². The first-order valence-corrected chi connectivity index (χ1v) is 5.95. The molecule has 0 unspecified atom stereocenters. The number of ether oxygens (including phenoxy) is 1. The molecule has 6 heteroatoms. The minimum Gasteiger partial charge on any atom is -0.486 e. The first-order valence-electron chi connectivity index (χ1n) is 5.95. The van der Waals surface area contributed by atoms with Crippen LogP contribution in [0, 0.1) is 5.82 Å². The quantitative estimate of drug-likeness (QED) is 0.884. The smallest absolute Gasteiger partial charge is 0.335 e. The number of hydrogen-bond donors (Lipinski definition) is 2. The van der Waals surface area contributed by atoms with Gasteiger partial charge in [0.2, 0.25) is 0 Å². The van der Waals surface area contributed by atoms with Gasteiger partial charge in [-0.05, 0) is 35.9 Å². The average Bonchev–Trinajstić information content (AvgIpc) is 2.46. The van der Waals surface area contributed by atoms with Crippen molar-refractivity contribution in [1.29, 1.82) is 0 Å². The molecule has 0 saturated heterocycles. The second kappa shape index (κ2) is 6.04. The molecule has 0 aromatic heterocycles. The Balaban J connectivity index is 2.06. The SMILES string of the molecule is O=C(O)c1ccc(COc2ccc(C(=O)O)cc2F)cc1. The minimum absolute atomic E-state index is 0.0449. The lowest BCUT2D eigenvalue weighted by atomic mass is 10.1. The third-order valence-electron chi connectivity index (χ3n) is 2.77. The van der Waals surface area contributed by atoms with Crippen LogP contribution in [0.4, 0.5) is 4.39 Å². The third-order valence-corrected chi connectivity index (χ3v) is 2.77. The lowest BCUT2D eigenvalue weighted by Gasteiger charge is -2.08. The fourth-order valence-corrected chi connectivity index (χ4v) is 1.66. The van der Waals surface area contributed by atoms with Crippen molar-refractivity contribution >= 4 is 11.9 Å². The maximum absolute atomic E-state index is 13.6. The molecule has 0 spiro atoms. The molecule has 0 aliphatic heterocycles. The maximum Gasteiger partial charge on any atom is 0.335 e. The van der Waals surface area contributed by atoms with Crippen LogP contribution in [0.5, 0.6) is 5.75 Å². The minimum atomic E-state index is -1.22. The number of aromatic carboxylic acids is 2. The number of carboxylic acids is 2. The first-order chi connectivity index (χ1) is 9.97. The molecule has 0 bridgehead atoms. The van der Waals surface area contributed by atoms with Gasteiger partial charge in [-0.25, -0.2) is 14.0 Å². The van der Waals surface area contributed by atoms with Crippen LogP contribution in [-0.4, -0.2) is 22.2 Å². The highest BCUT2D eigenvalue weighted by molar-refractivity contribution is 5.88. The fraction of sp³-hybridized carbons (Fsp3) is 0.0667. The van der Waals surface area contributed by atoms with Gasteiger partial charge in [-0.15, -0.1) is 0 Å². The van der Waals surface area contributed by atoms with Gasteiger partial charge in [0.1, 0.15) is 6.61 Å². The van der Waals surface area contributed by atoms with Gasteiger partial charge in [0.25, 0.3) is 0 Å². The van der Waals surface area contributed by atoms with Crippen LogP contribution >= 0.6 is 0 Å². The molecule has 0 amide bonds. The topological polar surface area (TPSA) is 83.8 Å². The zero-order valence-corrected chi connectivity index (χ0v) is 10.7. The van der Waals surface area contributed by atoms with Crippen LogP contribution in [0.15, 0.2) is 42.5 Å². The van der Waals surface area contributed by atoms with E-state index in [0.29, 0.717) is 5.56 Å². The third kappa shape index (κ3) is 3.56. The predicted molar refractivity (Wildman–Crippen MR) is 71.1 cm³/mol. The van der Waals surface area contributed by atoms with Crippen LogP contribution in [0.2, 0.25) is 0 Å². The number of benzene rings is 2. The second-order valence-electron chi connectivity index (χ2n) is 4.24. The van der Waals surface area contributed by atoms with E-state index in [1.54, 1.807) is 12.1 Å². The average molecular weight is 290 g/mol. The highest BCUT2D eigenvalue weighted by atomic mass is 19.1. The molecule has 0 aliphatic rings. The molecule has 2 rings (SSSR count). The number of hydrogen-bond acceptors (Lipinski definition) is 3. The normalized spacial score (nSPS) is 10.1. The Hall–Kier alpha value is -2.89. The highest BCUT2D eigenvalue weighted by Gasteiger charge is 2.09. The monoisotopic (exact) mass is 290 g/mol. The Morgan fingerprint density at radius 2 is 1.52 bits per heavy atom. The molecule has 0 saturated carbocycles. The van der Waals surface area contributed by atoms with Crippen molar-refractivity contribution in [3.63, 3.8) is 0 Å². The Kier molecular flexibility index (Phi) is 4.18. The highest BCUT2D eigenvalue weighted by Crippen LogP contribution is 2.20. The van der Waals surface area contributed by atoms with E-state index in [4.69, 9.17) is 14.9 Å². The molecule has 0 aliphatic carbocycles. The van der Waals surface area contributed by atoms with E-state index in [9.17, 15) is 14.0 Å². The van der Waals surface area contributed by atoms with Crippen LogP contribution < -0.4 is 4.74 Å². The van der Waals surface area contributed by atoms with Crippen LogP contribution in [-0.2, 0) is 6.61 Å². The van der Waals surface area contributed by atoms with Crippen molar-refractivity contribution in [3.8, 4) is 5.75 Å². The summed E-state index contributed by atoms with van der Waals surface area (Å²) >= 11 is 0. The van der Waals surface area contributed by atoms with Gasteiger partial charge in [-0.1, -0.05) is 12.1 Å². The summed E-state index contributed by atoms with van der Waals surface area (Å²) in [4.78, 5) is 21.4. The molecule has 0 radical (unpaired) electrons. The van der Waals surface area contributed by atoms with Crippen LogP contribution in [0.25, 0.3) is 0 Å². The number of rotatable bonds is 5. The fourth-order valence-electron chi connectivity index (χ4n) is 1.66. The molecule has 2 aromatic rings. The number of carboxylic acid groups (broad SMARTS) is 2. The van der Waals surface area contributed by atoms with E-state index in [1.165, 1.54) is 24.3 Å². The molecular weight excluding hydrogens is 279 g/mol. The number of carbonyl (C=O) groups is 2.